The first kappa shape index (κ1) is 22.6. The number of hydrogen-bond donors (Lipinski definition) is 1. The molecule has 1 heterocycles. The van der Waals surface area contributed by atoms with Crippen LogP contribution in [0.1, 0.15) is 19.8 Å². The van der Waals surface area contributed by atoms with Gasteiger partial charge in [-0.1, -0.05) is 0 Å². The number of anilines is 1. The average Bonchev–Trinajstić information content (AvgIpc) is 2.89. The molecule has 160 valence electrons. The largest absolute Gasteiger partial charge is 0.492 e. The lowest BCUT2D eigenvalue weighted by Gasteiger charge is -2.17. The van der Waals surface area contributed by atoms with Crippen molar-refractivity contribution in [2.45, 2.75) is 24.7 Å². The molecule has 1 N–H and O–H groups in total. The van der Waals surface area contributed by atoms with E-state index in [4.69, 9.17) is 4.74 Å². The molecule has 11 heteroatoms. The molecule has 0 spiro atoms. The van der Waals surface area contributed by atoms with Gasteiger partial charge < -0.3 is 15.0 Å². The van der Waals surface area contributed by atoms with E-state index >= 15 is 0 Å². The van der Waals surface area contributed by atoms with Crippen LogP contribution in [0, 0.1) is 0 Å². The van der Waals surface area contributed by atoms with Crippen molar-refractivity contribution in [2.75, 3.05) is 46.2 Å². The molecule has 0 unspecified atom stereocenters. The maximum atomic E-state index is 12.5. The van der Waals surface area contributed by atoms with E-state index in [-0.39, 0.29) is 48.0 Å². The SMILES string of the molecule is CCOc1ccc(NC(=O)CCCN2C(=O)CN(C)C2=O)cc1S(=O)(=O)N(C)C. The smallest absolute Gasteiger partial charge is 0.326 e. The van der Waals surface area contributed by atoms with E-state index in [0.29, 0.717) is 18.7 Å². The van der Waals surface area contributed by atoms with Gasteiger partial charge in [0, 0.05) is 39.8 Å². The number of sulfonamides is 1. The number of carbonyl (C=O) groups is 3. The van der Waals surface area contributed by atoms with Crippen LogP contribution in [0.25, 0.3) is 0 Å². The van der Waals surface area contributed by atoms with Gasteiger partial charge in [-0.15, -0.1) is 0 Å². The number of rotatable bonds is 9. The van der Waals surface area contributed by atoms with E-state index in [0.717, 1.165) is 9.21 Å². The van der Waals surface area contributed by atoms with Crippen molar-refractivity contribution in [3.63, 3.8) is 0 Å². The maximum Gasteiger partial charge on any atom is 0.326 e. The number of carbonyl (C=O) groups excluding carboxylic acids is 3. The van der Waals surface area contributed by atoms with E-state index < -0.39 is 10.0 Å². The predicted octanol–water partition coefficient (Wildman–Crippen LogP) is 0.948. The molecule has 1 aliphatic rings. The molecule has 1 saturated heterocycles. The lowest BCUT2D eigenvalue weighted by Crippen LogP contribution is -2.32. The molecule has 29 heavy (non-hydrogen) atoms. The van der Waals surface area contributed by atoms with Crippen molar-refractivity contribution in [1.82, 2.24) is 14.1 Å². The molecular formula is C18H26N4O6S. The standard InChI is InChI=1S/C18H26N4O6S/c1-5-28-14-9-8-13(11-15(14)29(26,27)20(2)3)19-16(23)7-6-10-22-17(24)12-21(4)18(22)25/h8-9,11H,5-7,10,12H2,1-4H3,(H,19,23). The van der Waals surface area contributed by atoms with Gasteiger partial charge in [-0.2, -0.15) is 0 Å². The molecule has 1 aromatic rings. The third kappa shape index (κ3) is 5.24. The average molecular weight is 426 g/mol. The Morgan fingerprint density at radius 2 is 1.97 bits per heavy atom. The molecule has 0 saturated carbocycles. The summed E-state index contributed by atoms with van der Waals surface area (Å²) < 4.78 is 31.5. The topological polar surface area (TPSA) is 116 Å². The van der Waals surface area contributed by atoms with Crippen LogP contribution >= 0.6 is 0 Å². The normalized spacial score (nSPS) is 14.7. The van der Waals surface area contributed by atoms with Crippen LogP contribution in [0.2, 0.25) is 0 Å². The van der Waals surface area contributed by atoms with Gasteiger partial charge in [0.1, 0.15) is 17.2 Å². The van der Waals surface area contributed by atoms with Crippen LogP contribution in [-0.2, 0) is 19.6 Å². The monoisotopic (exact) mass is 426 g/mol. The second-order valence-corrected chi connectivity index (χ2v) is 8.84. The van der Waals surface area contributed by atoms with Gasteiger partial charge in [-0.05, 0) is 31.5 Å². The van der Waals surface area contributed by atoms with Crippen molar-refractivity contribution in [1.29, 1.82) is 0 Å². The number of urea groups is 1. The highest BCUT2D eigenvalue weighted by Crippen LogP contribution is 2.29. The molecule has 1 aliphatic heterocycles. The zero-order chi connectivity index (χ0) is 21.8. The summed E-state index contributed by atoms with van der Waals surface area (Å²) in [5.41, 5.74) is 0.312. The van der Waals surface area contributed by atoms with Gasteiger partial charge in [0.2, 0.25) is 21.8 Å². The summed E-state index contributed by atoms with van der Waals surface area (Å²) in [4.78, 5) is 38.1. The Kier molecular flexibility index (Phi) is 7.20. The molecule has 1 fully saturated rings. The van der Waals surface area contributed by atoms with Crippen LogP contribution in [-0.4, -0.2) is 81.2 Å². The minimum Gasteiger partial charge on any atom is -0.492 e. The van der Waals surface area contributed by atoms with Gasteiger partial charge in [-0.25, -0.2) is 17.5 Å². The molecule has 0 atom stereocenters. The fourth-order valence-corrected chi connectivity index (χ4v) is 3.82. The van der Waals surface area contributed by atoms with Crippen LogP contribution in [0.3, 0.4) is 0 Å². The molecular weight excluding hydrogens is 400 g/mol. The van der Waals surface area contributed by atoms with Gasteiger partial charge in [0.15, 0.2) is 0 Å². The third-order valence-corrected chi connectivity index (χ3v) is 6.14. The van der Waals surface area contributed by atoms with Gasteiger partial charge in [0.25, 0.3) is 0 Å². The Balaban J connectivity index is 2.03. The van der Waals surface area contributed by atoms with E-state index in [1.54, 1.807) is 13.0 Å². The zero-order valence-corrected chi connectivity index (χ0v) is 17.8. The van der Waals surface area contributed by atoms with Crippen LogP contribution in [0.4, 0.5) is 10.5 Å². The van der Waals surface area contributed by atoms with E-state index in [2.05, 4.69) is 5.32 Å². The Labute approximate surface area is 170 Å². The summed E-state index contributed by atoms with van der Waals surface area (Å²) in [7, 11) is 0.600. The fraction of sp³-hybridized carbons (Fsp3) is 0.500. The van der Waals surface area contributed by atoms with Crippen molar-refractivity contribution in [3.8, 4) is 5.75 Å². The summed E-state index contributed by atoms with van der Waals surface area (Å²) >= 11 is 0. The van der Waals surface area contributed by atoms with Crippen LogP contribution < -0.4 is 10.1 Å². The first-order valence-electron chi connectivity index (χ1n) is 9.12. The Morgan fingerprint density at radius 3 is 2.52 bits per heavy atom. The molecule has 2 rings (SSSR count). The van der Waals surface area contributed by atoms with Crippen molar-refractivity contribution in [3.05, 3.63) is 18.2 Å². The Bertz CT molecular complexity index is 900. The summed E-state index contributed by atoms with van der Waals surface area (Å²) in [6, 6.07) is 4.02. The van der Waals surface area contributed by atoms with E-state index in [1.165, 1.54) is 38.2 Å². The third-order valence-electron chi connectivity index (χ3n) is 4.30. The number of likely N-dealkylation sites (N-methyl/N-ethyl adjacent to an activating group) is 1. The summed E-state index contributed by atoms with van der Waals surface area (Å²) in [6.45, 7) is 2.24. The number of hydrogen-bond acceptors (Lipinski definition) is 6. The molecule has 0 radical (unpaired) electrons. The van der Waals surface area contributed by atoms with Crippen LogP contribution in [0.5, 0.6) is 5.75 Å². The van der Waals surface area contributed by atoms with E-state index in [1.807, 2.05) is 0 Å². The van der Waals surface area contributed by atoms with Gasteiger partial charge in [-0.3, -0.25) is 14.5 Å². The quantitative estimate of drug-likeness (QED) is 0.588. The fourth-order valence-electron chi connectivity index (χ4n) is 2.77. The second kappa shape index (κ2) is 9.23. The highest BCUT2D eigenvalue weighted by atomic mass is 32.2. The maximum absolute atomic E-state index is 12.5. The lowest BCUT2D eigenvalue weighted by atomic mass is 10.2. The minimum atomic E-state index is -3.76. The summed E-state index contributed by atoms with van der Waals surface area (Å²) in [5, 5.41) is 2.64. The number of imide groups is 1. The minimum absolute atomic E-state index is 0.0420. The number of benzene rings is 1. The van der Waals surface area contributed by atoms with Crippen molar-refractivity contribution < 1.29 is 27.5 Å². The first-order chi connectivity index (χ1) is 13.6. The lowest BCUT2D eigenvalue weighted by molar-refractivity contribution is -0.125. The summed E-state index contributed by atoms with van der Waals surface area (Å²) in [5.74, 6) is -0.438. The van der Waals surface area contributed by atoms with E-state index in [9.17, 15) is 22.8 Å². The number of nitrogens with zero attached hydrogens (tertiary/aromatic N) is 3. The molecule has 4 amide bonds. The highest BCUT2D eigenvalue weighted by Gasteiger charge is 2.32. The molecule has 0 bridgehead atoms. The van der Waals surface area contributed by atoms with Crippen molar-refractivity contribution in [2.24, 2.45) is 0 Å². The molecule has 10 nitrogen and oxygen atoms in total. The van der Waals surface area contributed by atoms with Gasteiger partial charge in [0.05, 0.1) is 6.61 Å². The summed E-state index contributed by atoms with van der Waals surface area (Å²) in [6.07, 6.45) is 0.376. The van der Waals surface area contributed by atoms with Crippen LogP contribution in [0.15, 0.2) is 23.1 Å². The van der Waals surface area contributed by atoms with Crippen molar-refractivity contribution >= 4 is 33.6 Å². The molecule has 0 aliphatic carbocycles. The number of ether oxygens (including phenoxy) is 1. The number of nitrogens with one attached hydrogen (secondary N) is 1. The zero-order valence-electron chi connectivity index (χ0n) is 17.0. The Hall–Kier alpha value is -2.66. The Morgan fingerprint density at radius 1 is 1.28 bits per heavy atom. The number of amides is 4. The molecule has 1 aromatic carbocycles. The molecule has 0 aromatic heterocycles. The first-order valence-corrected chi connectivity index (χ1v) is 10.6. The predicted molar refractivity (Wildman–Crippen MR) is 106 cm³/mol. The second-order valence-electron chi connectivity index (χ2n) is 6.72. The van der Waals surface area contributed by atoms with Gasteiger partial charge >= 0.3 is 6.03 Å². The highest BCUT2D eigenvalue weighted by molar-refractivity contribution is 7.89.